The number of benzene rings is 1. The van der Waals surface area contributed by atoms with E-state index in [0.29, 0.717) is 10.9 Å². The number of hydrogen-bond donors (Lipinski definition) is 1. The Morgan fingerprint density at radius 3 is 2.67 bits per heavy atom. The van der Waals surface area contributed by atoms with Crippen molar-refractivity contribution < 1.29 is 14.2 Å². The minimum Gasteiger partial charge on any atom is -0.431 e. The highest BCUT2D eigenvalue weighted by Gasteiger charge is 2.03. The third-order valence-electron chi connectivity index (χ3n) is 1.71. The Hall–Kier alpha value is -1.46. The molecule has 2 aromatic rings. The van der Waals surface area contributed by atoms with Crippen LogP contribution in [0, 0.1) is 5.82 Å². The fraction of sp³-hybridized carbons (Fsp3) is 0.100. The fourth-order valence-electron chi connectivity index (χ4n) is 1.01. The van der Waals surface area contributed by atoms with Gasteiger partial charge >= 0.3 is 0 Å². The van der Waals surface area contributed by atoms with Gasteiger partial charge < -0.3 is 9.84 Å². The molecule has 5 heteroatoms. The lowest BCUT2D eigenvalue weighted by Crippen LogP contribution is -1.82. The summed E-state index contributed by atoms with van der Waals surface area (Å²) in [6, 6.07) is 5.68. The molecule has 0 radical (unpaired) electrons. The molecule has 3 nitrogen and oxygen atoms in total. The number of aromatic nitrogens is 1. The van der Waals surface area contributed by atoms with Crippen LogP contribution in [-0.4, -0.2) is 10.1 Å². The minimum atomic E-state index is -0.308. The Labute approximate surface area is 89.8 Å². The van der Waals surface area contributed by atoms with E-state index in [2.05, 4.69) is 4.98 Å². The van der Waals surface area contributed by atoms with E-state index in [-0.39, 0.29) is 12.4 Å². The molecule has 0 bridgehead atoms. The first-order valence-electron chi connectivity index (χ1n) is 4.27. The molecule has 0 amide bonds. The Balaban J connectivity index is 2.11. The Bertz CT molecular complexity index is 441. The number of rotatable bonds is 3. The highest BCUT2D eigenvalue weighted by Crippen LogP contribution is 2.26. The van der Waals surface area contributed by atoms with Crippen molar-refractivity contribution >= 4 is 11.3 Å². The average molecular weight is 225 g/mol. The highest BCUT2D eigenvalue weighted by molar-refractivity contribution is 7.13. The molecule has 0 unspecified atom stereocenters. The van der Waals surface area contributed by atoms with Crippen LogP contribution in [0.5, 0.6) is 10.9 Å². The predicted octanol–water partition coefficient (Wildman–Crippen LogP) is 2.57. The lowest BCUT2D eigenvalue weighted by Gasteiger charge is -1.99. The molecule has 1 aromatic carbocycles. The molecule has 0 fully saturated rings. The molecule has 1 N–H and O–H groups in total. The van der Waals surface area contributed by atoms with Gasteiger partial charge in [0.1, 0.15) is 11.6 Å². The zero-order valence-electron chi connectivity index (χ0n) is 7.68. The molecule has 0 aliphatic rings. The number of hydrogen-bond acceptors (Lipinski definition) is 4. The average Bonchev–Trinajstić information content (AvgIpc) is 2.69. The van der Waals surface area contributed by atoms with Crippen molar-refractivity contribution in [3.8, 4) is 10.9 Å². The zero-order chi connectivity index (χ0) is 10.7. The van der Waals surface area contributed by atoms with E-state index in [1.165, 1.54) is 35.6 Å². The van der Waals surface area contributed by atoms with Crippen LogP contribution in [0.4, 0.5) is 4.39 Å². The smallest absolute Gasteiger partial charge is 0.278 e. The van der Waals surface area contributed by atoms with Crippen molar-refractivity contribution in [2.45, 2.75) is 6.61 Å². The minimum absolute atomic E-state index is 0.0511. The summed E-state index contributed by atoms with van der Waals surface area (Å²) in [7, 11) is 0. The summed E-state index contributed by atoms with van der Waals surface area (Å²) in [5.74, 6) is 0.216. The van der Waals surface area contributed by atoms with E-state index >= 15 is 0 Å². The van der Waals surface area contributed by atoms with Crippen molar-refractivity contribution in [1.82, 2.24) is 4.98 Å². The van der Waals surface area contributed by atoms with Crippen LogP contribution in [-0.2, 0) is 6.61 Å². The summed E-state index contributed by atoms with van der Waals surface area (Å²) >= 11 is 1.25. The second kappa shape index (κ2) is 4.37. The van der Waals surface area contributed by atoms with Gasteiger partial charge in [0.05, 0.1) is 11.5 Å². The maximum atomic E-state index is 12.6. The van der Waals surface area contributed by atoms with Crippen LogP contribution in [0.1, 0.15) is 4.88 Å². The number of halogens is 1. The van der Waals surface area contributed by atoms with E-state index < -0.39 is 0 Å². The second-order valence-corrected chi connectivity index (χ2v) is 3.88. The maximum absolute atomic E-state index is 12.6. The van der Waals surface area contributed by atoms with Crippen LogP contribution in [0.3, 0.4) is 0 Å². The van der Waals surface area contributed by atoms with Crippen molar-refractivity contribution in [2.24, 2.45) is 0 Å². The van der Waals surface area contributed by atoms with Gasteiger partial charge in [-0.05, 0) is 24.3 Å². The molecular weight excluding hydrogens is 217 g/mol. The van der Waals surface area contributed by atoms with Crippen LogP contribution >= 0.6 is 11.3 Å². The molecule has 1 aromatic heterocycles. The Morgan fingerprint density at radius 1 is 1.33 bits per heavy atom. The van der Waals surface area contributed by atoms with Gasteiger partial charge in [-0.2, -0.15) is 0 Å². The first-order valence-corrected chi connectivity index (χ1v) is 5.08. The van der Waals surface area contributed by atoms with E-state index in [1.54, 1.807) is 6.20 Å². The van der Waals surface area contributed by atoms with Crippen LogP contribution in [0.25, 0.3) is 0 Å². The summed E-state index contributed by atoms with van der Waals surface area (Å²) in [4.78, 5) is 4.68. The Kier molecular flexibility index (Phi) is 2.94. The van der Waals surface area contributed by atoms with Crippen LogP contribution < -0.4 is 4.74 Å². The number of nitrogens with zero attached hydrogens (tertiary/aromatic N) is 1. The van der Waals surface area contributed by atoms with Gasteiger partial charge in [-0.1, -0.05) is 11.3 Å². The molecule has 0 saturated carbocycles. The normalized spacial score (nSPS) is 10.3. The first-order chi connectivity index (χ1) is 7.28. The van der Waals surface area contributed by atoms with Crippen LogP contribution in [0.15, 0.2) is 30.5 Å². The Morgan fingerprint density at radius 2 is 2.07 bits per heavy atom. The molecular formula is C10H8FNO2S. The van der Waals surface area contributed by atoms with Crippen molar-refractivity contribution in [2.75, 3.05) is 0 Å². The molecule has 0 atom stereocenters. The lowest BCUT2D eigenvalue weighted by molar-refractivity contribution is 0.285. The monoisotopic (exact) mass is 225 g/mol. The molecule has 0 aliphatic heterocycles. The van der Waals surface area contributed by atoms with E-state index in [0.717, 1.165) is 4.88 Å². The van der Waals surface area contributed by atoms with Crippen molar-refractivity contribution in [3.63, 3.8) is 0 Å². The molecule has 0 aliphatic carbocycles. The predicted molar refractivity (Wildman–Crippen MR) is 54.5 cm³/mol. The van der Waals surface area contributed by atoms with Gasteiger partial charge in [-0.15, -0.1) is 0 Å². The summed E-state index contributed by atoms with van der Waals surface area (Å²) < 4.78 is 17.9. The topological polar surface area (TPSA) is 42.4 Å². The van der Waals surface area contributed by atoms with E-state index in [9.17, 15) is 4.39 Å². The number of thiazole rings is 1. The summed E-state index contributed by atoms with van der Waals surface area (Å²) in [5, 5.41) is 9.25. The van der Waals surface area contributed by atoms with Gasteiger partial charge in [0.2, 0.25) is 0 Å². The lowest BCUT2D eigenvalue weighted by atomic mass is 10.3. The molecule has 2 rings (SSSR count). The van der Waals surface area contributed by atoms with Gasteiger partial charge in [0, 0.05) is 6.20 Å². The van der Waals surface area contributed by atoms with Crippen molar-refractivity contribution in [3.05, 3.63) is 41.2 Å². The molecule has 0 spiro atoms. The van der Waals surface area contributed by atoms with Gasteiger partial charge in [0.25, 0.3) is 5.19 Å². The molecule has 0 saturated heterocycles. The van der Waals surface area contributed by atoms with E-state index in [1.807, 2.05) is 0 Å². The summed E-state index contributed by atoms with van der Waals surface area (Å²) in [5.41, 5.74) is 0. The van der Waals surface area contributed by atoms with Gasteiger partial charge in [0.15, 0.2) is 0 Å². The third kappa shape index (κ3) is 2.51. The van der Waals surface area contributed by atoms with Gasteiger partial charge in [-0.3, -0.25) is 0 Å². The first kappa shape index (κ1) is 10.1. The van der Waals surface area contributed by atoms with Gasteiger partial charge in [-0.25, -0.2) is 9.37 Å². The number of ether oxygens (including phenoxy) is 1. The largest absolute Gasteiger partial charge is 0.431 e. The third-order valence-corrected chi connectivity index (χ3v) is 2.57. The number of aliphatic hydroxyl groups is 1. The van der Waals surface area contributed by atoms with E-state index in [4.69, 9.17) is 9.84 Å². The molecule has 15 heavy (non-hydrogen) atoms. The SMILES string of the molecule is OCc1cnc(Oc2ccc(F)cc2)s1. The zero-order valence-corrected chi connectivity index (χ0v) is 8.50. The highest BCUT2D eigenvalue weighted by atomic mass is 32.1. The molecule has 78 valence electrons. The molecule has 1 heterocycles. The number of aliphatic hydroxyl groups excluding tert-OH is 1. The maximum Gasteiger partial charge on any atom is 0.278 e. The fourth-order valence-corrected chi connectivity index (χ4v) is 1.65. The standard InChI is InChI=1S/C10H8FNO2S/c11-7-1-3-8(4-2-7)14-10-12-5-9(6-13)15-10/h1-5,13H,6H2. The summed E-state index contributed by atoms with van der Waals surface area (Å²) in [6.07, 6.45) is 1.55. The van der Waals surface area contributed by atoms with Crippen molar-refractivity contribution in [1.29, 1.82) is 0 Å². The second-order valence-electron chi connectivity index (χ2n) is 2.81. The quantitative estimate of drug-likeness (QED) is 0.872. The summed E-state index contributed by atoms with van der Waals surface area (Å²) in [6.45, 7) is -0.0511. The van der Waals surface area contributed by atoms with Crippen LogP contribution in [0.2, 0.25) is 0 Å².